The number of hydrogen-bond donors (Lipinski definition) is 2. The summed E-state index contributed by atoms with van der Waals surface area (Å²) in [6.45, 7) is 5.07. The molecule has 0 aliphatic rings. The highest BCUT2D eigenvalue weighted by Gasteiger charge is 2.25. The summed E-state index contributed by atoms with van der Waals surface area (Å²) < 4.78 is 0.742. The van der Waals surface area contributed by atoms with E-state index >= 15 is 0 Å². The van der Waals surface area contributed by atoms with Crippen LogP contribution in [0.15, 0.2) is 12.1 Å². The van der Waals surface area contributed by atoms with Crippen molar-refractivity contribution in [3.63, 3.8) is 0 Å². The van der Waals surface area contributed by atoms with Crippen LogP contribution >= 0.6 is 22.9 Å². The van der Waals surface area contributed by atoms with Gasteiger partial charge in [-0.2, -0.15) is 0 Å². The van der Waals surface area contributed by atoms with Gasteiger partial charge in [-0.25, -0.2) is 0 Å². The van der Waals surface area contributed by atoms with Gasteiger partial charge in [0.25, 0.3) is 0 Å². The molecular formula is C12H20ClN3OS. The Labute approximate surface area is 117 Å². The number of carbonyl (C=O) groups is 1. The van der Waals surface area contributed by atoms with Crippen LogP contribution < -0.4 is 11.1 Å². The van der Waals surface area contributed by atoms with Crippen LogP contribution in [0.4, 0.5) is 0 Å². The summed E-state index contributed by atoms with van der Waals surface area (Å²) in [5.74, 6) is -0.00912. The largest absolute Gasteiger partial charge is 0.358 e. The number of rotatable bonds is 6. The summed E-state index contributed by atoms with van der Waals surface area (Å²) in [5, 5.41) is 2.64. The second-order valence-electron chi connectivity index (χ2n) is 4.18. The molecule has 0 fully saturated rings. The Morgan fingerprint density at radius 1 is 1.61 bits per heavy atom. The summed E-state index contributed by atoms with van der Waals surface area (Å²) in [5.41, 5.74) is 6.06. The number of thiophene rings is 1. The van der Waals surface area contributed by atoms with Crippen molar-refractivity contribution in [2.45, 2.75) is 25.9 Å². The fourth-order valence-corrected chi connectivity index (χ4v) is 3.24. The van der Waals surface area contributed by atoms with Crippen molar-refractivity contribution in [2.75, 3.05) is 20.1 Å². The molecule has 1 heterocycles. The first-order valence-corrected chi connectivity index (χ1v) is 7.14. The number of halogens is 1. The lowest BCUT2D eigenvalue weighted by Gasteiger charge is -2.32. The Balaban J connectivity index is 2.91. The summed E-state index contributed by atoms with van der Waals surface area (Å²) in [6, 6.07) is 3.80. The van der Waals surface area contributed by atoms with Gasteiger partial charge in [-0.1, -0.05) is 18.5 Å². The van der Waals surface area contributed by atoms with Crippen LogP contribution in [0.3, 0.4) is 0 Å². The number of nitrogens with two attached hydrogens (primary N) is 1. The second-order valence-corrected chi connectivity index (χ2v) is 5.93. The fourth-order valence-electron chi connectivity index (χ4n) is 1.93. The van der Waals surface area contributed by atoms with E-state index in [0.717, 1.165) is 15.8 Å². The van der Waals surface area contributed by atoms with Gasteiger partial charge in [-0.15, -0.1) is 11.3 Å². The first kappa shape index (κ1) is 15.4. The van der Waals surface area contributed by atoms with E-state index in [4.69, 9.17) is 17.3 Å². The topological polar surface area (TPSA) is 58.4 Å². The van der Waals surface area contributed by atoms with E-state index in [-0.39, 0.29) is 18.0 Å². The molecule has 6 heteroatoms. The average Bonchev–Trinajstić information content (AvgIpc) is 2.73. The number of hydrogen-bond acceptors (Lipinski definition) is 4. The molecule has 0 saturated heterocycles. The zero-order valence-corrected chi connectivity index (χ0v) is 12.5. The maximum absolute atomic E-state index is 11.5. The Kier molecular flexibility index (Phi) is 6.08. The van der Waals surface area contributed by atoms with Crippen LogP contribution in [0.2, 0.25) is 4.34 Å². The third kappa shape index (κ3) is 3.95. The van der Waals surface area contributed by atoms with Crippen molar-refractivity contribution in [1.29, 1.82) is 0 Å². The third-order valence-electron chi connectivity index (χ3n) is 2.81. The van der Waals surface area contributed by atoms with E-state index in [1.54, 1.807) is 7.05 Å². The number of amides is 1. The van der Waals surface area contributed by atoms with E-state index in [9.17, 15) is 4.79 Å². The average molecular weight is 290 g/mol. The number of carbonyl (C=O) groups excluding carboxylic acids is 1. The number of nitrogens with zero attached hydrogens (tertiary/aromatic N) is 1. The van der Waals surface area contributed by atoms with Gasteiger partial charge in [0.15, 0.2) is 0 Å². The maximum Gasteiger partial charge on any atom is 0.233 e. The number of likely N-dealkylation sites (N-methyl/N-ethyl adjacent to an activating group) is 2. The van der Waals surface area contributed by atoms with Gasteiger partial charge in [-0.3, -0.25) is 9.69 Å². The lowest BCUT2D eigenvalue weighted by Crippen LogP contribution is -2.43. The third-order valence-corrected chi connectivity index (χ3v) is 4.11. The molecule has 4 nitrogen and oxygen atoms in total. The lowest BCUT2D eigenvalue weighted by atomic mass is 10.1. The molecule has 2 unspecified atom stereocenters. The van der Waals surface area contributed by atoms with Crippen molar-refractivity contribution in [3.05, 3.63) is 21.3 Å². The SMILES string of the molecule is CCN(CC(=O)NC)C(c1ccc(Cl)s1)C(C)N. The van der Waals surface area contributed by atoms with Gasteiger partial charge < -0.3 is 11.1 Å². The van der Waals surface area contributed by atoms with Crippen LogP contribution in [0.1, 0.15) is 24.8 Å². The molecule has 0 spiro atoms. The van der Waals surface area contributed by atoms with E-state index in [2.05, 4.69) is 10.2 Å². The Morgan fingerprint density at radius 2 is 2.28 bits per heavy atom. The molecule has 0 aliphatic heterocycles. The molecule has 1 aromatic rings. The van der Waals surface area contributed by atoms with Crippen LogP contribution in [-0.4, -0.2) is 37.0 Å². The van der Waals surface area contributed by atoms with Crippen LogP contribution in [0.25, 0.3) is 0 Å². The summed E-state index contributed by atoms with van der Waals surface area (Å²) in [4.78, 5) is 14.7. The molecule has 102 valence electrons. The van der Waals surface area contributed by atoms with Gasteiger partial charge in [-0.05, 0) is 25.6 Å². The smallest absolute Gasteiger partial charge is 0.233 e. The Morgan fingerprint density at radius 3 is 2.67 bits per heavy atom. The summed E-state index contributed by atoms with van der Waals surface area (Å²) in [6.07, 6.45) is 0. The predicted molar refractivity (Wildman–Crippen MR) is 77.0 cm³/mol. The van der Waals surface area contributed by atoms with E-state index in [0.29, 0.717) is 6.54 Å². The van der Waals surface area contributed by atoms with Crippen LogP contribution in [0.5, 0.6) is 0 Å². The molecule has 0 aliphatic carbocycles. The fraction of sp³-hybridized carbons (Fsp3) is 0.583. The highest BCUT2D eigenvalue weighted by atomic mass is 35.5. The molecule has 0 aromatic carbocycles. The molecule has 0 radical (unpaired) electrons. The molecule has 1 aromatic heterocycles. The Bertz CT molecular complexity index is 394. The van der Waals surface area contributed by atoms with Crippen molar-refractivity contribution in [3.8, 4) is 0 Å². The van der Waals surface area contributed by atoms with Gasteiger partial charge in [0.1, 0.15) is 0 Å². The van der Waals surface area contributed by atoms with E-state index in [1.165, 1.54) is 11.3 Å². The van der Waals surface area contributed by atoms with Gasteiger partial charge in [0.2, 0.25) is 5.91 Å². The molecule has 1 amide bonds. The first-order chi connectivity index (χ1) is 8.49. The normalized spacial score (nSPS) is 14.6. The lowest BCUT2D eigenvalue weighted by molar-refractivity contribution is -0.122. The minimum absolute atomic E-state index is 0.00912. The van der Waals surface area contributed by atoms with Gasteiger partial charge in [0, 0.05) is 18.0 Å². The van der Waals surface area contributed by atoms with E-state index in [1.807, 2.05) is 26.0 Å². The van der Waals surface area contributed by atoms with E-state index < -0.39 is 0 Å². The Hall–Kier alpha value is -0.620. The van der Waals surface area contributed by atoms with Crippen LogP contribution in [-0.2, 0) is 4.79 Å². The molecule has 0 saturated carbocycles. The standard InChI is InChI=1S/C12H20ClN3OS/c1-4-16(7-11(17)15-3)12(8(2)14)9-5-6-10(13)18-9/h5-6,8,12H,4,7,14H2,1-3H3,(H,15,17). The minimum Gasteiger partial charge on any atom is -0.358 e. The summed E-state index contributed by atoms with van der Waals surface area (Å²) in [7, 11) is 1.64. The van der Waals surface area contributed by atoms with Gasteiger partial charge >= 0.3 is 0 Å². The maximum atomic E-state index is 11.5. The second kappa shape index (κ2) is 7.09. The molecule has 2 atom stereocenters. The van der Waals surface area contributed by atoms with Crippen molar-refractivity contribution in [1.82, 2.24) is 10.2 Å². The quantitative estimate of drug-likeness (QED) is 0.840. The van der Waals surface area contributed by atoms with Crippen LogP contribution in [0, 0.1) is 0 Å². The highest BCUT2D eigenvalue weighted by molar-refractivity contribution is 7.16. The summed E-state index contributed by atoms with van der Waals surface area (Å²) >= 11 is 7.48. The van der Waals surface area contributed by atoms with Gasteiger partial charge in [0.05, 0.1) is 16.9 Å². The molecule has 3 N–H and O–H groups in total. The molecule has 18 heavy (non-hydrogen) atoms. The van der Waals surface area contributed by atoms with Crippen molar-refractivity contribution < 1.29 is 4.79 Å². The van der Waals surface area contributed by atoms with Crippen molar-refractivity contribution >= 4 is 28.8 Å². The number of nitrogens with one attached hydrogen (secondary N) is 1. The zero-order valence-electron chi connectivity index (χ0n) is 10.9. The monoisotopic (exact) mass is 289 g/mol. The molecular weight excluding hydrogens is 270 g/mol. The minimum atomic E-state index is -0.0654. The first-order valence-electron chi connectivity index (χ1n) is 5.95. The molecule has 1 rings (SSSR count). The highest BCUT2D eigenvalue weighted by Crippen LogP contribution is 2.32. The predicted octanol–water partition coefficient (Wildman–Crippen LogP) is 1.86. The molecule has 0 bridgehead atoms. The zero-order chi connectivity index (χ0) is 13.7. The van der Waals surface area contributed by atoms with Crippen molar-refractivity contribution in [2.24, 2.45) is 5.73 Å².